The Kier molecular flexibility index (Phi) is 2.34. The molecule has 1 aromatic rings. The lowest BCUT2D eigenvalue weighted by Gasteiger charge is -2.14. The SMILES string of the molecule is CC(O)OC1CCc2ccccc21. The molecule has 0 fully saturated rings. The number of ether oxygens (including phenoxy) is 1. The molecule has 1 aromatic carbocycles. The van der Waals surface area contributed by atoms with Crippen molar-refractivity contribution in [2.24, 2.45) is 0 Å². The molecular formula is C11H14O2. The molecule has 1 aliphatic carbocycles. The summed E-state index contributed by atoms with van der Waals surface area (Å²) in [5.74, 6) is 0. The molecule has 2 nitrogen and oxygen atoms in total. The summed E-state index contributed by atoms with van der Waals surface area (Å²) < 4.78 is 5.39. The summed E-state index contributed by atoms with van der Waals surface area (Å²) in [4.78, 5) is 0. The zero-order valence-corrected chi connectivity index (χ0v) is 7.73. The Bertz CT molecular complexity index is 294. The van der Waals surface area contributed by atoms with E-state index in [0.717, 1.165) is 12.8 Å². The Hall–Kier alpha value is -0.860. The van der Waals surface area contributed by atoms with E-state index in [-0.39, 0.29) is 6.10 Å². The van der Waals surface area contributed by atoms with Crippen LogP contribution in [0, 0.1) is 0 Å². The highest BCUT2D eigenvalue weighted by Gasteiger charge is 2.23. The number of fused-ring (bicyclic) bond motifs is 1. The molecule has 2 rings (SSSR count). The lowest BCUT2D eigenvalue weighted by atomic mass is 10.1. The van der Waals surface area contributed by atoms with Gasteiger partial charge >= 0.3 is 0 Å². The maximum absolute atomic E-state index is 9.12. The standard InChI is InChI=1S/C11H14O2/c1-8(12)13-11-7-6-9-4-2-3-5-10(9)11/h2-5,8,11-12H,6-7H2,1H3. The zero-order chi connectivity index (χ0) is 9.26. The van der Waals surface area contributed by atoms with Gasteiger partial charge in [0.1, 0.15) is 0 Å². The van der Waals surface area contributed by atoms with Crippen molar-refractivity contribution >= 4 is 0 Å². The molecule has 2 unspecified atom stereocenters. The Morgan fingerprint density at radius 3 is 3.00 bits per heavy atom. The number of aliphatic hydroxyl groups excluding tert-OH is 1. The van der Waals surface area contributed by atoms with Gasteiger partial charge in [0.15, 0.2) is 6.29 Å². The molecule has 0 bridgehead atoms. The average Bonchev–Trinajstić information content (AvgIpc) is 2.48. The quantitative estimate of drug-likeness (QED) is 0.702. The fraction of sp³-hybridized carbons (Fsp3) is 0.455. The summed E-state index contributed by atoms with van der Waals surface area (Å²) in [5, 5.41) is 9.12. The number of rotatable bonds is 2. The first-order valence-electron chi connectivity index (χ1n) is 4.68. The minimum atomic E-state index is -0.670. The second-order valence-corrected chi connectivity index (χ2v) is 3.46. The zero-order valence-electron chi connectivity index (χ0n) is 7.73. The van der Waals surface area contributed by atoms with Crippen molar-refractivity contribution in [3.63, 3.8) is 0 Å². The average molecular weight is 178 g/mol. The van der Waals surface area contributed by atoms with Crippen LogP contribution in [0.5, 0.6) is 0 Å². The van der Waals surface area contributed by atoms with Crippen LogP contribution in [0.2, 0.25) is 0 Å². The van der Waals surface area contributed by atoms with Crippen molar-refractivity contribution < 1.29 is 9.84 Å². The number of benzene rings is 1. The van der Waals surface area contributed by atoms with Crippen molar-refractivity contribution in [1.29, 1.82) is 0 Å². The van der Waals surface area contributed by atoms with Gasteiger partial charge in [0.2, 0.25) is 0 Å². The van der Waals surface area contributed by atoms with E-state index in [1.54, 1.807) is 6.92 Å². The first-order valence-corrected chi connectivity index (χ1v) is 4.68. The van der Waals surface area contributed by atoms with E-state index in [4.69, 9.17) is 9.84 Å². The molecule has 0 heterocycles. The second kappa shape index (κ2) is 3.48. The van der Waals surface area contributed by atoms with Crippen LogP contribution < -0.4 is 0 Å². The number of hydrogen-bond donors (Lipinski definition) is 1. The maximum Gasteiger partial charge on any atom is 0.152 e. The lowest BCUT2D eigenvalue weighted by Crippen LogP contribution is -2.10. The Labute approximate surface area is 78.2 Å². The molecule has 0 saturated carbocycles. The molecule has 0 spiro atoms. The van der Waals surface area contributed by atoms with Crippen LogP contribution in [0.1, 0.15) is 30.6 Å². The third-order valence-corrected chi connectivity index (χ3v) is 2.44. The maximum atomic E-state index is 9.12. The van der Waals surface area contributed by atoms with Gasteiger partial charge in [-0.05, 0) is 30.9 Å². The first-order chi connectivity index (χ1) is 6.27. The predicted octanol–water partition coefficient (Wildman–Crippen LogP) is 2.03. The van der Waals surface area contributed by atoms with Crippen molar-refractivity contribution in [2.75, 3.05) is 0 Å². The van der Waals surface area contributed by atoms with Crippen LogP contribution in [-0.2, 0) is 11.2 Å². The molecule has 2 atom stereocenters. The molecule has 70 valence electrons. The van der Waals surface area contributed by atoms with E-state index < -0.39 is 6.29 Å². The minimum Gasteiger partial charge on any atom is -0.368 e. The topological polar surface area (TPSA) is 29.5 Å². The van der Waals surface area contributed by atoms with Gasteiger partial charge in [0, 0.05) is 0 Å². The number of aryl methyl sites for hydroxylation is 1. The molecule has 13 heavy (non-hydrogen) atoms. The molecule has 0 radical (unpaired) electrons. The van der Waals surface area contributed by atoms with Crippen molar-refractivity contribution in [3.05, 3.63) is 35.4 Å². The molecule has 1 N–H and O–H groups in total. The van der Waals surface area contributed by atoms with Gasteiger partial charge in [-0.3, -0.25) is 0 Å². The third-order valence-electron chi connectivity index (χ3n) is 2.44. The highest BCUT2D eigenvalue weighted by Crippen LogP contribution is 2.33. The van der Waals surface area contributed by atoms with Crippen LogP contribution in [0.25, 0.3) is 0 Å². The summed E-state index contributed by atoms with van der Waals surface area (Å²) in [6.07, 6.45) is 1.48. The molecule has 0 amide bonds. The van der Waals surface area contributed by atoms with E-state index in [2.05, 4.69) is 12.1 Å². The molecular weight excluding hydrogens is 164 g/mol. The fourth-order valence-electron chi connectivity index (χ4n) is 1.90. The Morgan fingerprint density at radius 1 is 1.46 bits per heavy atom. The normalized spacial score (nSPS) is 22.8. The van der Waals surface area contributed by atoms with Crippen LogP contribution in [-0.4, -0.2) is 11.4 Å². The van der Waals surface area contributed by atoms with Gasteiger partial charge in [0.25, 0.3) is 0 Å². The van der Waals surface area contributed by atoms with Crippen LogP contribution in [0.15, 0.2) is 24.3 Å². The first kappa shape index (κ1) is 8.73. The highest BCUT2D eigenvalue weighted by molar-refractivity contribution is 5.33. The van der Waals surface area contributed by atoms with E-state index >= 15 is 0 Å². The monoisotopic (exact) mass is 178 g/mol. The molecule has 2 heteroatoms. The number of aliphatic hydroxyl groups is 1. The molecule has 0 saturated heterocycles. The van der Waals surface area contributed by atoms with Crippen LogP contribution >= 0.6 is 0 Å². The Balaban J connectivity index is 2.18. The number of hydrogen-bond acceptors (Lipinski definition) is 2. The van der Waals surface area contributed by atoms with Crippen LogP contribution in [0.3, 0.4) is 0 Å². The predicted molar refractivity (Wildman–Crippen MR) is 50.3 cm³/mol. The van der Waals surface area contributed by atoms with E-state index in [1.807, 2.05) is 12.1 Å². The van der Waals surface area contributed by atoms with Gasteiger partial charge < -0.3 is 9.84 Å². The van der Waals surface area contributed by atoms with Crippen molar-refractivity contribution in [2.45, 2.75) is 32.2 Å². The third kappa shape index (κ3) is 1.74. The van der Waals surface area contributed by atoms with Crippen LogP contribution in [0.4, 0.5) is 0 Å². The van der Waals surface area contributed by atoms with Crippen molar-refractivity contribution in [1.82, 2.24) is 0 Å². The summed E-state index contributed by atoms with van der Waals surface area (Å²) in [6, 6.07) is 8.27. The molecule has 0 aromatic heterocycles. The smallest absolute Gasteiger partial charge is 0.152 e. The fourth-order valence-corrected chi connectivity index (χ4v) is 1.90. The van der Waals surface area contributed by atoms with E-state index in [0.29, 0.717) is 0 Å². The van der Waals surface area contributed by atoms with E-state index in [1.165, 1.54) is 11.1 Å². The lowest BCUT2D eigenvalue weighted by molar-refractivity contribution is -0.124. The molecule has 1 aliphatic rings. The summed E-state index contributed by atoms with van der Waals surface area (Å²) in [5.41, 5.74) is 2.59. The summed E-state index contributed by atoms with van der Waals surface area (Å²) in [6.45, 7) is 1.65. The van der Waals surface area contributed by atoms with Gasteiger partial charge in [-0.1, -0.05) is 24.3 Å². The minimum absolute atomic E-state index is 0.0937. The van der Waals surface area contributed by atoms with Crippen molar-refractivity contribution in [3.8, 4) is 0 Å². The van der Waals surface area contributed by atoms with Gasteiger partial charge in [-0.2, -0.15) is 0 Å². The second-order valence-electron chi connectivity index (χ2n) is 3.46. The van der Waals surface area contributed by atoms with E-state index in [9.17, 15) is 0 Å². The summed E-state index contributed by atoms with van der Waals surface area (Å²) in [7, 11) is 0. The summed E-state index contributed by atoms with van der Waals surface area (Å²) >= 11 is 0. The molecule has 0 aliphatic heterocycles. The Morgan fingerprint density at radius 2 is 2.23 bits per heavy atom. The van der Waals surface area contributed by atoms with Gasteiger partial charge in [-0.25, -0.2) is 0 Å². The largest absolute Gasteiger partial charge is 0.368 e. The van der Waals surface area contributed by atoms with Gasteiger partial charge in [-0.15, -0.1) is 0 Å². The van der Waals surface area contributed by atoms with Gasteiger partial charge in [0.05, 0.1) is 6.10 Å². The highest BCUT2D eigenvalue weighted by atomic mass is 16.6.